The van der Waals surface area contributed by atoms with Gasteiger partial charge in [-0.1, -0.05) is 67.6 Å². The molecule has 1 unspecified atom stereocenters. The Kier molecular flexibility index (Phi) is 7.13. The molecule has 3 aromatic carbocycles. The summed E-state index contributed by atoms with van der Waals surface area (Å²) in [6.45, 7) is 5.43. The van der Waals surface area contributed by atoms with Gasteiger partial charge in [-0.3, -0.25) is 9.10 Å². The standard InChI is InChI=1S/C25H28N2O3S/c1-4-23(21-11-7-5-8-12-21)26-25(28)18-27(24-17-19(2)15-16-20(24)3)31(29,30)22-13-9-6-10-14-22/h5-17,23H,4,18H2,1-3H3,(H,26,28). The molecule has 1 N–H and O–H groups in total. The highest BCUT2D eigenvalue weighted by molar-refractivity contribution is 7.92. The van der Waals surface area contributed by atoms with E-state index in [1.807, 2.05) is 63.2 Å². The Bertz CT molecular complexity index is 1130. The Morgan fingerprint density at radius 2 is 1.55 bits per heavy atom. The molecule has 0 aliphatic rings. The lowest BCUT2D eigenvalue weighted by Gasteiger charge is -2.27. The van der Waals surface area contributed by atoms with Gasteiger partial charge in [0, 0.05) is 0 Å². The number of carbonyl (C=O) groups excluding carboxylic acids is 1. The van der Waals surface area contributed by atoms with Crippen LogP contribution in [0.4, 0.5) is 5.69 Å². The summed E-state index contributed by atoms with van der Waals surface area (Å²) >= 11 is 0. The lowest BCUT2D eigenvalue weighted by molar-refractivity contribution is -0.120. The van der Waals surface area contributed by atoms with Crippen molar-refractivity contribution in [3.8, 4) is 0 Å². The number of amides is 1. The van der Waals surface area contributed by atoms with Crippen LogP contribution >= 0.6 is 0 Å². The van der Waals surface area contributed by atoms with Gasteiger partial charge >= 0.3 is 0 Å². The van der Waals surface area contributed by atoms with Gasteiger partial charge in [0.05, 0.1) is 16.6 Å². The molecule has 3 aromatic rings. The first-order valence-corrected chi connectivity index (χ1v) is 11.8. The van der Waals surface area contributed by atoms with E-state index in [-0.39, 0.29) is 23.4 Å². The number of rotatable bonds is 8. The summed E-state index contributed by atoms with van der Waals surface area (Å²) in [5.41, 5.74) is 3.20. The van der Waals surface area contributed by atoms with Gasteiger partial charge in [-0.15, -0.1) is 0 Å². The molecule has 0 fully saturated rings. The average molecular weight is 437 g/mol. The zero-order chi connectivity index (χ0) is 22.4. The van der Waals surface area contributed by atoms with Gasteiger partial charge in [0.1, 0.15) is 6.54 Å². The van der Waals surface area contributed by atoms with E-state index in [1.54, 1.807) is 36.4 Å². The highest BCUT2D eigenvalue weighted by Crippen LogP contribution is 2.28. The molecule has 0 aliphatic carbocycles. The smallest absolute Gasteiger partial charge is 0.264 e. The first-order chi connectivity index (χ1) is 14.8. The summed E-state index contributed by atoms with van der Waals surface area (Å²) in [5, 5.41) is 3.00. The summed E-state index contributed by atoms with van der Waals surface area (Å²) < 4.78 is 28.2. The molecule has 0 bridgehead atoms. The molecule has 1 atom stereocenters. The third-order valence-corrected chi connectivity index (χ3v) is 6.97. The monoisotopic (exact) mass is 436 g/mol. The first kappa shape index (κ1) is 22.6. The molecule has 6 heteroatoms. The van der Waals surface area contributed by atoms with E-state index >= 15 is 0 Å². The molecule has 5 nitrogen and oxygen atoms in total. The van der Waals surface area contributed by atoms with Crippen LogP contribution in [0, 0.1) is 13.8 Å². The minimum atomic E-state index is -3.92. The number of hydrogen-bond donors (Lipinski definition) is 1. The zero-order valence-electron chi connectivity index (χ0n) is 18.1. The molecule has 0 aromatic heterocycles. The zero-order valence-corrected chi connectivity index (χ0v) is 18.9. The fraction of sp³-hybridized carbons (Fsp3) is 0.240. The molecule has 1 amide bonds. The van der Waals surface area contributed by atoms with Gasteiger partial charge in [-0.05, 0) is 55.2 Å². The second-order valence-corrected chi connectivity index (χ2v) is 9.42. The fourth-order valence-electron chi connectivity index (χ4n) is 3.48. The van der Waals surface area contributed by atoms with Gasteiger partial charge in [0.2, 0.25) is 5.91 Å². The van der Waals surface area contributed by atoms with Gasteiger partial charge in [0.25, 0.3) is 10.0 Å². The van der Waals surface area contributed by atoms with E-state index in [2.05, 4.69) is 5.32 Å². The average Bonchev–Trinajstić information content (AvgIpc) is 2.78. The minimum Gasteiger partial charge on any atom is -0.348 e. The maximum Gasteiger partial charge on any atom is 0.264 e. The van der Waals surface area contributed by atoms with E-state index in [4.69, 9.17) is 0 Å². The van der Waals surface area contributed by atoms with Crippen LogP contribution in [-0.4, -0.2) is 20.9 Å². The predicted octanol–water partition coefficient (Wildman–Crippen LogP) is 4.77. The van der Waals surface area contributed by atoms with Crippen molar-refractivity contribution in [2.24, 2.45) is 0 Å². The molecular formula is C25H28N2O3S. The number of benzene rings is 3. The topological polar surface area (TPSA) is 66.5 Å². The Morgan fingerprint density at radius 3 is 2.16 bits per heavy atom. The number of nitrogens with zero attached hydrogens (tertiary/aromatic N) is 1. The molecule has 0 radical (unpaired) electrons. The molecule has 0 aliphatic heterocycles. The van der Waals surface area contributed by atoms with Gasteiger partial charge in [-0.25, -0.2) is 8.42 Å². The van der Waals surface area contributed by atoms with Crippen molar-refractivity contribution in [3.63, 3.8) is 0 Å². The Labute approximate surface area is 184 Å². The minimum absolute atomic E-state index is 0.152. The second kappa shape index (κ2) is 9.79. The number of nitrogens with one attached hydrogen (secondary N) is 1. The summed E-state index contributed by atoms with van der Waals surface area (Å²) in [4.78, 5) is 13.2. The van der Waals surface area contributed by atoms with Crippen LogP contribution in [-0.2, 0) is 14.8 Å². The SMILES string of the molecule is CCC(NC(=O)CN(c1cc(C)ccc1C)S(=O)(=O)c1ccccc1)c1ccccc1. The van der Waals surface area contributed by atoms with E-state index in [0.717, 1.165) is 16.7 Å². The molecule has 3 rings (SSSR count). The third kappa shape index (κ3) is 5.33. The van der Waals surface area contributed by atoms with E-state index < -0.39 is 10.0 Å². The summed E-state index contributed by atoms with van der Waals surface area (Å²) in [7, 11) is -3.92. The number of sulfonamides is 1. The third-order valence-electron chi connectivity index (χ3n) is 5.20. The predicted molar refractivity (Wildman–Crippen MR) is 125 cm³/mol. The molecule has 31 heavy (non-hydrogen) atoms. The fourth-order valence-corrected chi connectivity index (χ4v) is 4.98. The highest BCUT2D eigenvalue weighted by atomic mass is 32.2. The summed E-state index contributed by atoms with van der Waals surface area (Å²) in [6.07, 6.45) is 0.699. The number of aryl methyl sites for hydroxylation is 2. The van der Waals surface area contributed by atoms with Crippen molar-refractivity contribution in [2.75, 3.05) is 10.8 Å². The maximum atomic E-state index is 13.5. The van der Waals surface area contributed by atoms with Gasteiger partial charge in [0.15, 0.2) is 0 Å². The van der Waals surface area contributed by atoms with Crippen molar-refractivity contribution < 1.29 is 13.2 Å². The van der Waals surface area contributed by atoms with E-state index in [1.165, 1.54) is 4.31 Å². The van der Waals surface area contributed by atoms with E-state index in [9.17, 15) is 13.2 Å². The van der Waals surface area contributed by atoms with Crippen LogP contribution in [0.5, 0.6) is 0 Å². The van der Waals surface area contributed by atoms with E-state index in [0.29, 0.717) is 12.1 Å². The molecular weight excluding hydrogens is 408 g/mol. The molecule has 0 spiro atoms. The molecule has 162 valence electrons. The van der Waals surface area contributed by atoms with Crippen molar-refractivity contribution in [2.45, 2.75) is 38.1 Å². The van der Waals surface area contributed by atoms with Crippen LogP contribution < -0.4 is 9.62 Å². The van der Waals surface area contributed by atoms with Crippen LogP contribution in [0.2, 0.25) is 0 Å². The maximum absolute atomic E-state index is 13.5. The second-order valence-electron chi connectivity index (χ2n) is 7.55. The van der Waals surface area contributed by atoms with Gasteiger partial charge < -0.3 is 5.32 Å². The van der Waals surface area contributed by atoms with Crippen molar-refractivity contribution in [1.82, 2.24) is 5.32 Å². The molecule has 0 heterocycles. The Morgan fingerprint density at radius 1 is 0.935 bits per heavy atom. The lowest BCUT2D eigenvalue weighted by Crippen LogP contribution is -2.42. The first-order valence-electron chi connectivity index (χ1n) is 10.3. The lowest BCUT2D eigenvalue weighted by atomic mass is 10.0. The number of hydrogen-bond acceptors (Lipinski definition) is 3. The highest BCUT2D eigenvalue weighted by Gasteiger charge is 2.29. The largest absolute Gasteiger partial charge is 0.348 e. The summed E-state index contributed by atoms with van der Waals surface area (Å²) in [6, 6.07) is 23.3. The Hall–Kier alpha value is -3.12. The van der Waals surface area contributed by atoms with Crippen LogP contribution in [0.1, 0.15) is 36.1 Å². The van der Waals surface area contributed by atoms with Crippen LogP contribution in [0.25, 0.3) is 0 Å². The molecule has 0 saturated carbocycles. The van der Waals surface area contributed by atoms with Crippen molar-refractivity contribution in [3.05, 3.63) is 95.6 Å². The van der Waals surface area contributed by atoms with Crippen LogP contribution in [0.3, 0.4) is 0 Å². The van der Waals surface area contributed by atoms with Gasteiger partial charge in [-0.2, -0.15) is 0 Å². The number of carbonyl (C=O) groups is 1. The van der Waals surface area contributed by atoms with Crippen molar-refractivity contribution >= 4 is 21.6 Å². The Balaban J connectivity index is 1.95. The summed E-state index contributed by atoms with van der Waals surface area (Å²) in [5.74, 6) is -0.351. The normalized spacial score (nSPS) is 12.2. The quantitative estimate of drug-likeness (QED) is 0.553. The molecule has 0 saturated heterocycles. The van der Waals surface area contributed by atoms with Crippen LogP contribution in [0.15, 0.2) is 83.8 Å². The van der Waals surface area contributed by atoms with Crippen molar-refractivity contribution in [1.29, 1.82) is 0 Å². The number of anilines is 1.